The second-order valence-corrected chi connectivity index (χ2v) is 7.41. The van der Waals surface area contributed by atoms with Gasteiger partial charge in [0.15, 0.2) is 0 Å². The highest BCUT2D eigenvalue weighted by molar-refractivity contribution is 6.11. The topological polar surface area (TPSA) is 51.2 Å². The third kappa shape index (κ3) is 3.73. The van der Waals surface area contributed by atoms with Gasteiger partial charge in [-0.3, -0.25) is 0 Å². The fourth-order valence-electron chi connectivity index (χ4n) is 3.42. The van der Waals surface area contributed by atoms with E-state index in [1.54, 1.807) is 0 Å². The minimum atomic E-state index is 0.0170. The van der Waals surface area contributed by atoms with E-state index < -0.39 is 0 Å². The molecular weight excluding hydrogens is 340 g/mol. The van der Waals surface area contributed by atoms with Crippen LogP contribution in [0.4, 0.5) is 0 Å². The lowest BCUT2D eigenvalue weighted by Gasteiger charge is -2.20. The van der Waals surface area contributed by atoms with Crippen LogP contribution in [0.25, 0.3) is 21.5 Å². The van der Waals surface area contributed by atoms with E-state index in [2.05, 4.69) is 19.1 Å². The molecule has 3 aromatic rings. The number of aromatic hydroxyl groups is 1. The highest BCUT2D eigenvalue weighted by Crippen LogP contribution is 2.42. The molecule has 4 rings (SSSR count). The largest absolute Gasteiger partial charge is 0.507 e. The number of rotatable bonds is 7. The summed E-state index contributed by atoms with van der Waals surface area (Å²) in [6.45, 7) is 8.07. The number of benzene rings is 3. The second kappa shape index (κ2) is 7.37. The van der Waals surface area contributed by atoms with Crippen molar-refractivity contribution in [2.24, 2.45) is 0 Å². The first kappa shape index (κ1) is 18.1. The number of hydrogen-bond acceptors (Lipinski definition) is 4. The molecule has 0 radical (unpaired) electrons. The molecule has 27 heavy (non-hydrogen) atoms. The van der Waals surface area contributed by atoms with E-state index in [-0.39, 0.29) is 12.2 Å². The maximum absolute atomic E-state index is 10.8. The Balaban J connectivity index is 1.74. The van der Waals surface area contributed by atoms with Crippen molar-refractivity contribution < 1.29 is 19.3 Å². The van der Waals surface area contributed by atoms with E-state index in [1.807, 2.05) is 38.1 Å². The Kier molecular flexibility index (Phi) is 4.94. The van der Waals surface area contributed by atoms with Gasteiger partial charge in [0, 0.05) is 21.5 Å². The normalized spacial score (nSPS) is 17.4. The zero-order valence-electron chi connectivity index (χ0n) is 16.1. The Morgan fingerprint density at radius 1 is 1.04 bits per heavy atom. The third-order valence-electron chi connectivity index (χ3n) is 5.14. The Morgan fingerprint density at radius 3 is 2.37 bits per heavy atom. The van der Waals surface area contributed by atoms with Crippen LogP contribution in [0.1, 0.15) is 24.5 Å². The molecule has 0 amide bonds. The van der Waals surface area contributed by atoms with Gasteiger partial charge in [-0.05, 0) is 32.4 Å². The third-order valence-corrected chi connectivity index (χ3v) is 5.14. The molecule has 2 unspecified atom stereocenters. The van der Waals surface area contributed by atoms with Gasteiger partial charge < -0.3 is 19.3 Å². The van der Waals surface area contributed by atoms with Crippen molar-refractivity contribution >= 4 is 21.5 Å². The molecule has 1 N–H and O–H groups in total. The number of epoxide rings is 1. The van der Waals surface area contributed by atoms with Gasteiger partial charge in [-0.2, -0.15) is 0 Å². The van der Waals surface area contributed by atoms with Crippen LogP contribution in [-0.4, -0.2) is 37.1 Å². The molecule has 4 nitrogen and oxygen atoms in total. The molecule has 3 aromatic carbocycles. The minimum absolute atomic E-state index is 0.0170. The highest BCUT2D eigenvalue weighted by Gasteiger charge is 2.24. The lowest BCUT2D eigenvalue weighted by Crippen LogP contribution is -2.23. The molecule has 2 atom stereocenters. The van der Waals surface area contributed by atoms with Crippen molar-refractivity contribution in [3.05, 3.63) is 47.5 Å². The zero-order valence-corrected chi connectivity index (χ0v) is 16.1. The van der Waals surface area contributed by atoms with E-state index in [4.69, 9.17) is 14.2 Å². The smallest absolute Gasteiger partial charge is 0.135 e. The monoisotopic (exact) mass is 366 g/mol. The number of hydrogen-bond donors (Lipinski definition) is 1. The second-order valence-electron chi connectivity index (χ2n) is 7.41. The van der Waals surface area contributed by atoms with Gasteiger partial charge in [0.05, 0.1) is 19.3 Å². The van der Waals surface area contributed by atoms with Gasteiger partial charge in [-0.25, -0.2) is 0 Å². The molecule has 0 spiro atoms. The first-order chi connectivity index (χ1) is 13.1. The van der Waals surface area contributed by atoms with Gasteiger partial charge in [-0.15, -0.1) is 0 Å². The molecule has 1 fully saturated rings. The van der Waals surface area contributed by atoms with Gasteiger partial charge in [0.25, 0.3) is 0 Å². The molecule has 1 saturated heterocycles. The van der Waals surface area contributed by atoms with E-state index >= 15 is 0 Å². The molecule has 1 aliphatic rings. The molecule has 4 heteroatoms. The molecule has 1 heterocycles. The van der Waals surface area contributed by atoms with E-state index in [1.165, 1.54) is 0 Å². The van der Waals surface area contributed by atoms with Gasteiger partial charge >= 0.3 is 0 Å². The molecule has 1 aliphatic heterocycles. The fraction of sp³-hybridized carbons (Fsp3) is 0.391. The minimum Gasteiger partial charge on any atom is -0.507 e. The van der Waals surface area contributed by atoms with Crippen molar-refractivity contribution in [2.45, 2.75) is 39.4 Å². The fourth-order valence-corrected chi connectivity index (χ4v) is 3.42. The Labute approximate surface area is 159 Å². The van der Waals surface area contributed by atoms with Gasteiger partial charge in [0.1, 0.15) is 24.2 Å². The van der Waals surface area contributed by atoms with Gasteiger partial charge in [0.2, 0.25) is 0 Å². The molecule has 0 bridgehead atoms. The molecule has 0 aliphatic carbocycles. The summed E-state index contributed by atoms with van der Waals surface area (Å²) >= 11 is 0. The summed E-state index contributed by atoms with van der Waals surface area (Å²) < 4.78 is 17.5. The molecule has 0 saturated carbocycles. The average Bonchev–Trinajstić information content (AvgIpc) is 3.48. The first-order valence-corrected chi connectivity index (χ1v) is 9.58. The maximum Gasteiger partial charge on any atom is 0.135 e. The number of ether oxygens (including phenoxy) is 3. The van der Waals surface area contributed by atoms with Crippen LogP contribution in [0.2, 0.25) is 0 Å². The van der Waals surface area contributed by atoms with Crippen molar-refractivity contribution in [1.29, 1.82) is 0 Å². The number of fused-ring (bicyclic) bond motifs is 2. The average molecular weight is 366 g/mol. The van der Waals surface area contributed by atoms with E-state index in [0.29, 0.717) is 19.0 Å². The summed E-state index contributed by atoms with van der Waals surface area (Å²) in [6, 6.07) is 12.1. The lowest BCUT2D eigenvalue weighted by molar-refractivity contribution is 0.0114. The van der Waals surface area contributed by atoms with E-state index in [9.17, 15) is 5.11 Å². The van der Waals surface area contributed by atoms with Crippen LogP contribution in [0.3, 0.4) is 0 Å². The Morgan fingerprint density at radius 2 is 1.70 bits per heavy atom. The van der Waals surface area contributed by atoms with Crippen molar-refractivity contribution in [3.8, 4) is 11.5 Å². The van der Waals surface area contributed by atoms with Crippen LogP contribution >= 0.6 is 0 Å². The van der Waals surface area contributed by atoms with E-state index in [0.717, 1.165) is 51.4 Å². The zero-order chi connectivity index (χ0) is 19.0. The molecule has 0 aromatic heterocycles. The number of phenols is 1. The number of phenolic OH excluding ortho intramolecular Hbond substituents is 1. The quantitative estimate of drug-likeness (QED) is 0.478. The van der Waals surface area contributed by atoms with Crippen LogP contribution in [0.5, 0.6) is 11.5 Å². The molecule has 142 valence electrons. The summed E-state index contributed by atoms with van der Waals surface area (Å²) in [5.74, 6) is 1.12. The predicted octanol–water partition coefficient (Wildman–Crippen LogP) is 4.89. The Bertz CT molecular complexity index is 975. The number of aryl methyl sites for hydroxylation is 2. The Hall–Kier alpha value is -2.30. The summed E-state index contributed by atoms with van der Waals surface area (Å²) in [5.41, 5.74) is 2.24. The lowest BCUT2D eigenvalue weighted by atomic mass is 9.98. The molecular formula is C23H26O4. The van der Waals surface area contributed by atoms with Crippen molar-refractivity contribution in [2.75, 3.05) is 19.8 Å². The van der Waals surface area contributed by atoms with Crippen LogP contribution in [0, 0.1) is 13.8 Å². The predicted molar refractivity (Wildman–Crippen MR) is 108 cm³/mol. The summed E-state index contributed by atoms with van der Waals surface area (Å²) in [6.07, 6.45) is 1.14. The maximum atomic E-state index is 10.8. The SMILES string of the molecule is CCC(COc1c2ccc(C)cc2c(O)c2ccc(C)cc12)OCC1CO1. The summed E-state index contributed by atoms with van der Waals surface area (Å²) in [4.78, 5) is 0. The van der Waals surface area contributed by atoms with Crippen molar-refractivity contribution in [1.82, 2.24) is 0 Å². The van der Waals surface area contributed by atoms with Crippen LogP contribution < -0.4 is 4.74 Å². The standard InChI is InChI=1S/C23H26O4/c1-4-16(25-12-17-13-26-17)11-27-23-19-8-6-14(2)9-20(19)22(24)18-7-5-15(3)10-21(18)23/h5-10,16-17,24H,4,11-13H2,1-3H3. The highest BCUT2D eigenvalue weighted by atomic mass is 16.6. The van der Waals surface area contributed by atoms with Crippen LogP contribution in [0.15, 0.2) is 36.4 Å². The van der Waals surface area contributed by atoms with Gasteiger partial charge in [-0.1, -0.05) is 42.3 Å². The first-order valence-electron chi connectivity index (χ1n) is 9.58. The van der Waals surface area contributed by atoms with Crippen molar-refractivity contribution in [3.63, 3.8) is 0 Å². The van der Waals surface area contributed by atoms with Crippen LogP contribution in [-0.2, 0) is 9.47 Å². The summed E-state index contributed by atoms with van der Waals surface area (Å²) in [5, 5.41) is 14.3. The summed E-state index contributed by atoms with van der Waals surface area (Å²) in [7, 11) is 0.